The summed E-state index contributed by atoms with van der Waals surface area (Å²) >= 11 is 1.44. The van der Waals surface area contributed by atoms with Crippen LogP contribution >= 0.6 is 11.3 Å². The summed E-state index contributed by atoms with van der Waals surface area (Å²) in [6, 6.07) is 9.33. The van der Waals surface area contributed by atoms with E-state index in [0.29, 0.717) is 23.9 Å². The van der Waals surface area contributed by atoms with E-state index in [0.717, 1.165) is 46.4 Å². The van der Waals surface area contributed by atoms with Crippen LogP contribution in [0.5, 0.6) is 0 Å². The Bertz CT molecular complexity index is 1530. The van der Waals surface area contributed by atoms with Crippen LogP contribution in [0.15, 0.2) is 55.1 Å². The molecule has 0 radical (unpaired) electrons. The highest BCUT2D eigenvalue weighted by Crippen LogP contribution is 2.40. The third kappa shape index (κ3) is 5.05. The van der Waals surface area contributed by atoms with Gasteiger partial charge in [-0.25, -0.2) is 19.3 Å². The highest BCUT2D eigenvalue weighted by molar-refractivity contribution is 7.22. The average Bonchev–Trinajstić information content (AvgIpc) is 3.68. The molecule has 1 aromatic carbocycles. The summed E-state index contributed by atoms with van der Waals surface area (Å²) in [5.74, 6) is -0.685. The van der Waals surface area contributed by atoms with Gasteiger partial charge in [-0.15, -0.1) is 16.4 Å². The van der Waals surface area contributed by atoms with Crippen LogP contribution in [0, 0.1) is 11.8 Å². The van der Waals surface area contributed by atoms with E-state index in [2.05, 4.69) is 35.5 Å². The molecule has 37 heavy (non-hydrogen) atoms. The van der Waals surface area contributed by atoms with Gasteiger partial charge in [-0.05, 0) is 48.5 Å². The van der Waals surface area contributed by atoms with E-state index in [1.807, 2.05) is 24.3 Å². The maximum atomic E-state index is 14.9. The lowest BCUT2D eigenvalue weighted by molar-refractivity contribution is 0.331. The zero-order valence-corrected chi connectivity index (χ0v) is 20.8. The van der Waals surface area contributed by atoms with Gasteiger partial charge in [-0.2, -0.15) is 4.39 Å². The fraction of sp³-hybridized carbons (Fsp3) is 0.269. The third-order valence-corrected chi connectivity index (χ3v) is 7.64. The Balaban J connectivity index is 1.33. The Kier molecular flexibility index (Phi) is 6.54. The van der Waals surface area contributed by atoms with Gasteiger partial charge in [0.2, 0.25) is 11.9 Å². The number of fused-ring (bicyclic) bond motifs is 1. The maximum Gasteiger partial charge on any atom is 0.223 e. The fourth-order valence-electron chi connectivity index (χ4n) is 4.67. The number of aromatic nitrogens is 6. The van der Waals surface area contributed by atoms with Crippen LogP contribution in [0.25, 0.3) is 31.8 Å². The number of benzene rings is 1. The van der Waals surface area contributed by atoms with Gasteiger partial charge in [0, 0.05) is 41.8 Å². The lowest BCUT2D eigenvalue weighted by Crippen LogP contribution is -2.19. The smallest absolute Gasteiger partial charge is 0.223 e. The first-order valence-electron chi connectivity index (χ1n) is 12.1. The van der Waals surface area contributed by atoms with E-state index >= 15 is 0 Å². The van der Waals surface area contributed by atoms with Gasteiger partial charge in [0.25, 0.3) is 0 Å². The molecule has 1 fully saturated rings. The highest BCUT2D eigenvalue weighted by Gasteiger charge is 2.19. The Hall–Kier alpha value is -3.83. The van der Waals surface area contributed by atoms with Gasteiger partial charge in [-0.1, -0.05) is 23.4 Å². The number of likely N-dealkylation sites (tertiary alicyclic amines) is 1. The van der Waals surface area contributed by atoms with Crippen LogP contribution in [0.1, 0.15) is 18.4 Å². The van der Waals surface area contributed by atoms with E-state index in [9.17, 15) is 8.78 Å². The molecule has 0 unspecified atom stereocenters. The lowest BCUT2D eigenvalue weighted by atomic mass is 10.00. The summed E-state index contributed by atoms with van der Waals surface area (Å²) in [7, 11) is 0. The van der Waals surface area contributed by atoms with E-state index in [-0.39, 0.29) is 5.69 Å². The molecule has 188 valence electrons. The van der Waals surface area contributed by atoms with Crippen molar-refractivity contribution in [3.8, 4) is 21.7 Å². The molecule has 11 heteroatoms. The van der Waals surface area contributed by atoms with Crippen molar-refractivity contribution in [1.82, 2.24) is 34.8 Å². The largest absolute Gasteiger partial charge is 0.352 e. The molecule has 1 aliphatic heterocycles. The molecule has 1 aliphatic rings. The van der Waals surface area contributed by atoms with Crippen LogP contribution in [-0.2, 0) is 13.1 Å². The van der Waals surface area contributed by atoms with Gasteiger partial charge < -0.3 is 5.32 Å². The quantitative estimate of drug-likeness (QED) is 0.290. The molecule has 6 rings (SSSR count). The van der Waals surface area contributed by atoms with Gasteiger partial charge in [-0.3, -0.25) is 9.58 Å². The van der Waals surface area contributed by atoms with Gasteiger partial charge >= 0.3 is 0 Å². The molecule has 0 aliphatic carbocycles. The van der Waals surface area contributed by atoms with Crippen molar-refractivity contribution in [2.24, 2.45) is 0 Å². The normalized spacial score (nSPS) is 14.0. The molecule has 4 aromatic heterocycles. The standard InChI is InChI=1S/C26H24F2N8S/c27-21-15-31-26(29-6-10-36-11-7-32-34-36)33-24(21)22-12-17-4-3-5-19(25(17)37-22)20-13-23(28)30-14-18(20)16-35-8-1-2-9-35/h3-5,7,11-15H,1-2,6,8-10,16H2,(H,29,31,33). The molecule has 0 bridgehead atoms. The SMILES string of the molecule is Fc1cc(-c2cccc3cc(-c4nc(NCCn5ccnn5)ncc4F)sc23)c(CN2CCCC2)cn1. The Labute approximate surface area is 216 Å². The number of nitrogens with zero attached hydrogens (tertiary/aromatic N) is 7. The summed E-state index contributed by atoms with van der Waals surface area (Å²) in [5, 5.41) is 11.8. The second-order valence-corrected chi connectivity index (χ2v) is 10.0. The molecule has 8 nitrogen and oxygen atoms in total. The van der Waals surface area contributed by atoms with Crippen molar-refractivity contribution >= 4 is 27.4 Å². The second kappa shape index (κ2) is 10.3. The molecule has 5 aromatic rings. The van der Waals surface area contributed by atoms with Crippen molar-refractivity contribution in [1.29, 1.82) is 0 Å². The topological polar surface area (TPSA) is 84.7 Å². The van der Waals surface area contributed by atoms with E-state index in [1.165, 1.54) is 36.4 Å². The van der Waals surface area contributed by atoms with Crippen LogP contribution < -0.4 is 5.32 Å². The monoisotopic (exact) mass is 518 g/mol. The van der Waals surface area contributed by atoms with Crippen molar-refractivity contribution < 1.29 is 8.78 Å². The first kappa shape index (κ1) is 23.6. The molecular weight excluding hydrogens is 494 g/mol. The second-order valence-electron chi connectivity index (χ2n) is 8.97. The Morgan fingerprint density at radius 2 is 1.92 bits per heavy atom. The van der Waals surface area contributed by atoms with Gasteiger partial charge in [0.15, 0.2) is 5.82 Å². The molecule has 0 atom stereocenters. The van der Waals surface area contributed by atoms with Crippen LogP contribution in [0.3, 0.4) is 0 Å². The van der Waals surface area contributed by atoms with Crippen molar-refractivity contribution in [3.05, 3.63) is 72.4 Å². The number of pyridine rings is 1. The Morgan fingerprint density at radius 3 is 2.76 bits per heavy atom. The van der Waals surface area contributed by atoms with E-state index in [1.54, 1.807) is 23.3 Å². The minimum absolute atomic E-state index is 0.226. The summed E-state index contributed by atoms with van der Waals surface area (Å²) in [6.45, 7) is 3.88. The molecule has 0 spiro atoms. The molecular formula is C26H24F2N8S. The number of hydrogen-bond acceptors (Lipinski definition) is 8. The zero-order chi connectivity index (χ0) is 25.2. The molecule has 0 saturated carbocycles. The zero-order valence-electron chi connectivity index (χ0n) is 19.9. The van der Waals surface area contributed by atoms with Crippen molar-refractivity contribution in [2.75, 3.05) is 25.0 Å². The number of rotatable bonds is 8. The lowest BCUT2D eigenvalue weighted by Gasteiger charge is -2.17. The number of thiophene rings is 1. The minimum atomic E-state index is -0.516. The van der Waals surface area contributed by atoms with E-state index < -0.39 is 11.8 Å². The van der Waals surface area contributed by atoms with Crippen molar-refractivity contribution in [3.63, 3.8) is 0 Å². The van der Waals surface area contributed by atoms with Crippen molar-refractivity contribution in [2.45, 2.75) is 25.9 Å². The molecule has 1 saturated heterocycles. The average molecular weight is 519 g/mol. The fourth-order valence-corrected chi connectivity index (χ4v) is 5.85. The molecule has 5 heterocycles. The van der Waals surface area contributed by atoms with Gasteiger partial charge in [0.05, 0.1) is 23.8 Å². The first-order chi connectivity index (χ1) is 18.1. The number of anilines is 1. The summed E-state index contributed by atoms with van der Waals surface area (Å²) in [5.41, 5.74) is 2.93. The van der Waals surface area contributed by atoms with E-state index in [4.69, 9.17) is 0 Å². The van der Waals surface area contributed by atoms with Crippen LogP contribution in [-0.4, -0.2) is 54.5 Å². The number of halogens is 2. The number of nitrogens with one attached hydrogen (secondary N) is 1. The third-order valence-electron chi connectivity index (χ3n) is 6.45. The molecule has 0 amide bonds. The minimum Gasteiger partial charge on any atom is -0.352 e. The maximum absolute atomic E-state index is 14.9. The number of hydrogen-bond donors (Lipinski definition) is 1. The van der Waals surface area contributed by atoms with Crippen LogP contribution in [0.4, 0.5) is 14.7 Å². The summed E-state index contributed by atoms with van der Waals surface area (Å²) in [6.07, 6.45) is 8.54. The predicted octanol–water partition coefficient (Wildman–Crippen LogP) is 5.00. The summed E-state index contributed by atoms with van der Waals surface area (Å²) in [4.78, 5) is 15.5. The summed E-state index contributed by atoms with van der Waals surface area (Å²) < 4.78 is 31.8. The van der Waals surface area contributed by atoms with Crippen LogP contribution in [0.2, 0.25) is 0 Å². The first-order valence-corrected chi connectivity index (χ1v) is 13.0. The Morgan fingerprint density at radius 1 is 1.03 bits per heavy atom. The highest BCUT2D eigenvalue weighted by atomic mass is 32.1. The van der Waals surface area contributed by atoms with Gasteiger partial charge in [0.1, 0.15) is 5.69 Å². The molecule has 1 N–H and O–H groups in total. The predicted molar refractivity (Wildman–Crippen MR) is 139 cm³/mol.